The third-order valence-electron chi connectivity index (χ3n) is 3.83. The Balaban J connectivity index is 2.26. The van der Waals surface area contributed by atoms with Gasteiger partial charge < -0.3 is 5.32 Å². The number of halogens is 2. The molecular weight excluding hydrogens is 208 g/mol. The second kappa shape index (κ2) is 4.13. The van der Waals surface area contributed by atoms with E-state index in [0.717, 1.165) is 6.42 Å². The highest BCUT2D eigenvalue weighted by atomic mass is 19.1. The minimum absolute atomic E-state index is 0.146. The molecule has 3 atom stereocenters. The molecule has 0 saturated heterocycles. The van der Waals surface area contributed by atoms with Crippen molar-refractivity contribution in [3.05, 3.63) is 34.9 Å². The molecule has 1 saturated carbocycles. The Hall–Kier alpha value is -0.960. The van der Waals surface area contributed by atoms with Crippen LogP contribution >= 0.6 is 0 Å². The van der Waals surface area contributed by atoms with E-state index in [-0.39, 0.29) is 17.6 Å². The van der Waals surface area contributed by atoms with Crippen molar-refractivity contribution in [3.8, 4) is 0 Å². The van der Waals surface area contributed by atoms with Gasteiger partial charge in [0.05, 0.1) is 0 Å². The summed E-state index contributed by atoms with van der Waals surface area (Å²) in [6.07, 6.45) is 0.886. The second-order valence-electron chi connectivity index (χ2n) is 4.72. The van der Waals surface area contributed by atoms with Gasteiger partial charge in [-0.3, -0.25) is 0 Å². The van der Waals surface area contributed by atoms with Crippen LogP contribution in [-0.4, -0.2) is 13.1 Å². The van der Waals surface area contributed by atoms with Gasteiger partial charge in [0.25, 0.3) is 0 Å². The molecule has 1 fully saturated rings. The Kier molecular flexibility index (Phi) is 2.98. The first-order valence-corrected chi connectivity index (χ1v) is 5.67. The van der Waals surface area contributed by atoms with Gasteiger partial charge in [-0.25, -0.2) is 8.78 Å². The van der Waals surface area contributed by atoms with Crippen LogP contribution in [0.3, 0.4) is 0 Å². The maximum absolute atomic E-state index is 13.7. The molecule has 1 aliphatic carbocycles. The summed E-state index contributed by atoms with van der Waals surface area (Å²) in [5.41, 5.74) is 0.903. The largest absolute Gasteiger partial charge is 0.317 e. The molecule has 0 spiro atoms. The molecule has 1 aliphatic rings. The molecule has 0 bridgehead atoms. The fourth-order valence-corrected chi connectivity index (χ4v) is 2.52. The van der Waals surface area contributed by atoms with Gasteiger partial charge in [-0.2, -0.15) is 0 Å². The summed E-state index contributed by atoms with van der Waals surface area (Å²) in [4.78, 5) is 0. The molecule has 3 heteroatoms. The Morgan fingerprint density at radius 2 is 1.94 bits per heavy atom. The van der Waals surface area contributed by atoms with Gasteiger partial charge in [-0.05, 0) is 55.5 Å². The highest BCUT2D eigenvalue weighted by molar-refractivity contribution is 5.30. The lowest BCUT2D eigenvalue weighted by atomic mass is 9.67. The zero-order chi connectivity index (χ0) is 11.9. The van der Waals surface area contributed by atoms with Crippen molar-refractivity contribution in [2.24, 2.45) is 5.92 Å². The topological polar surface area (TPSA) is 12.0 Å². The first-order chi connectivity index (χ1) is 7.54. The summed E-state index contributed by atoms with van der Waals surface area (Å²) >= 11 is 0. The summed E-state index contributed by atoms with van der Waals surface area (Å²) in [6, 6.07) is 3.08. The van der Waals surface area contributed by atoms with E-state index < -0.39 is 0 Å². The van der Waals surface area contributed by atoms with Crippen LogP contribution in [0.5, 0.6) is 0 Å². The third kappa shape index (κ3) is 1.73. The van der Waals surface area contributed by atoms with Crippen LogP contribution in [0.25, 0.3) is 0 Å². The summed E-state index contributed by atoms with van der Waals surface area (Å²) in [5.74, 6) is -0.0732. The van der Waals surface area contributed by atoms with E-state index in [1.54, 1.807) is 6.92 Å². The summed E-state index contributed by atoms with van der Waals surface area (Å²) in [5, 5.41) is 3.18. The molecule has 0 aromatic heterocycles. The lowest BCUT2D eigenvalue weighted by Crippen LogP contribution is -2.46. The van der Waals surface area contributed by atoms with Gasteiger partial charge in [0.1, 0.15) is 11.6 Å². The average molecular weight is 225 g/mol. The number of hydrogen-bond donors (Lipinski definition) is 1. The highest BCUT2D eigenvalue weighted by Gasteiger charge is 2.39. The molecule has 1 nitrogen and oxygen atoms in total. The van der Waals surface area contributed by atoms with Gasteiger partial charge in [-0.15, -0.1) is 0 Å². The molecule has 1 N–H and O–H groups in total. The fourth-order valence-electron chi connectivity index (χ4n) is 2.52. The first kappa shape index (κ1) is 11.5. The van der Waals surface area contributed by atoms with Crippen molar-refractivity contribution >= 4 is 0 Å². The van der Waals surface area contributed by atoms with Crippen LogP contribution in [0.2, 0.25) is 0 Å². The van der Waals surface area contributed by atoms with Crippen LogP contribution in [0, 0.1) is 24.5 Å². The number of benzene rings is 1. The van der Waals surface area contributed by atoms with E-state index in [9.17, 15) is 8.78 Å². The van der Waals surface area contributed by atoms with Gasteiger partial charge in [0.2, 0.25) is 0 Å². The summed E-state index contributed by atoms with van der Waals surface area (Å²) in [6.45, 7) is 3.66. The van der Waals surface area contributed by atoms with Crippen molar-refractivity contribution < 1.29 is 8.78 Å². The van der Waals surface area contributed by atoms with Crippen LogP contribution in [-0.2, 0) is 0 Å². The Morgan fingerprint density at radius 3 is 2.50 bits per heavy atom. The molecular formula is C13H17F2N. The van der Waals surface area contributed by atoms with Crippen LogP contribution in [0.15, 0.2) is 12.1 Å². The maximum Gasteiger partial charge on any atom is 0.127 e. The summed E-state index contributed by atoms with van der Waals surface area (Å²) < 4.78 is 27.1. The Labute approximate surface area is 94.9 Å². The van der Waals surface area contributed by atoms with E-state index in [0.29, 0.717) is 23.1 Å². The lowest BCUT2D eigenvalue weighted by molar-refractivity contribution is 0.190. The molecule has 0 heterocycles. The van der Waals surface area contributed by atoms with Gasteiger partial charge >= 0.3 is 0 Å². The van der Waals surface area contributed by atoms with Crippen molar-refractivity contribution in [3.63, 3.8) is 0 Å². The first-order valence-electron chi connectivity index (χ1n) is 5.67. The minimum Gasteiger partial charge on any atom is -0.317 e. The van der Waals surface area contributed by atoms with Crippen molar-refractivity contribution in [2.45, 2.75) is 32.2 Å². The smallest absolute Gasteiger partial charge is 0.127 e. The Morgan fingerprint density at radius 1 is 1.25 bits per heavy atom. The standard InChI is InChI=1S/C13H17F2N/c1-7-4-12(15)10(5-11(7)14)9-6-13(16-3)8(9)2/h4-5,8-9,13,16H,6H2,1-3H3. The zero-order valence-electron chi connectivity index (χ0n) is 9.85. The van der Waals surface area contributed by atoms with Crippen LogP contribution in [0.1, 0.15) is 30.4 Å². The van der Waals surface area contributed by atoms with Gasteiger partial charge in [0, 0.05) is 6.04 Å². The number of hydrogen-bond acceptors (Lipinski definition) is 1. The quantitative estimate of drug-likeness (QED) is 0.816. The Bertz CT molecular complexity index is 403. The molecule has 0 amide bonds. The van der Waals surface area contributed by atoms with Crippen molar-refractivity contribution in [2.75, 3.05) is 7.05 Å². The van der Waals surface area contributed by atoms with E-state index in [4.69, 9.17) is 0 Å². The van der Waals surface area contributed by atoms with Gasteiger partial charge in [-0.1, -0.05) is 6.92 Å². The number of aryl methyl sites for hydroxylation is 1. The average Bonchev–Trinajstić information content (AvgIpc) is 2.24. The number of rotatable bonds is 2. The third-order valence-corrected chi connectivity index (χ3v) is 3.83. The van der Waals surface area contributed by atoms with Crippen molar-refractivity contribution in [1.82, 2.24) is 5.32 Å². The zero-order valence-corrected chi connectivity index (χ0v) is 9.85. The van der Waals surface area contributed by atoms with Crippen LogP contribution < -0.4 is 5.32 Å². The van der Waals surface area contributed by atoms with E-state index in [1.165, 1.54) is 12.1 Å². The monoisotopic (exact) mass is 225 g/mol. The van der Waals surface area contributed by atoms with E-state index in [1.807, 2.05) is 7.05 Å². The molecule has 0 radical (unpaired) electrons. The van der Waals surface area contributed by atoms with E-state index in [2.05, 4.69) is 12.2 Å². The molecule has 1 aromatic carbocycles. The predicted molar refractivity (Wildman–Crippen MR) is 60.5 cm³/mol. The lowest BCUT2D eigenvalue weighted by Gasteiger charge is -2.43. The van der Waals surface area contributed by atoms with E-state index >= 15 is 0 Å². The van der Waals surface area contributed by atoms with Gasteiger partial charge in [0.15, 0.2) is 0 Å². The molecule has 16 heavy (non-hydrogen) atoms. The summed E-state index contributed by atoms with van der Waals surface area (Å²) in [7, 11) is 1.91. The highest BCUT2D eigenvalue weighted by Crippen LogP contribution is 2.43. The fraction of sp³-hybridized carbons (Fsp3) is 0.538. The van der Waals surface area contributed by atoms with Crippen LogP contribution in [0.4, 0.5) is 8.78 Å². The molecule has 88 valence electrons. The molecule has 2 rings (SSSR count). The predicted octanol–water partition coefficient (Wildman–Crippen LogP) is 2.98. The van der Waals surface area contributed by atoms with Crippen molar-refractivity contribution in [1.29, 1.82) is 0 Å². The minimum atomic E-state index is -0.309. The SMILES string of the molecule is CNC1CC(c2cc(F)c(C)cc2F)C1C. The number of nitrogens with one attached hydrogen (secondary N) is 1. The molecule has 0 aliphatic heterocycles. The molecule has 1 aromatic rings. The maximum atomic E-state index is 13.7. The normalized spacial score (nSPS) is 28.9. The molecule has 3 unspecified atom stereocenters. The second-order valence-corrected chi connectivity index (χ2v) is 4.72.